The largest absolute Gasteiger partial charge is 0.450 e. The molecule has 0 bridgehead atoms. The number of carbonyl (C=O) groups excluding carboxylic acids is 3. The van der Waals surface area contributed by atoms with Crippen molar-refractivity contribution < 1.29 is 19.1 Å². The van der Waals surface area contributed by atoms with E-state index >= 15 is 0 Å². The Hall–Kier alpha value is -2.72. The minimum Gasteiger partial charge on any atom is -0.450 e. The van der Waals surface area contributed by atoms with Crippen molar-refractivity contribution >= 4 is 29.7 Å². The summed E-state index contributed by atoms with van der Waals surface area (Å²) >= 11 is 1.08. The highest BCUT2D eigenvalue weighted by molar-refractivity contribution is 8.03. The first-order valence-corrected chi connectivity index (χ1v) is 9.92. The van der Waals surface area contributed by atoms with Gasteiger partial charge >= 0.3 is 6.09 Å². The second-order valence-electron chi connectivity index (χ2n) is 6.94. The van der Waals surface area contributed by atoms with E-state index in [1.54, 1.807) is 30.6 Å². The molecule has 1 fully saturated rings. The molecule has 0 aromatic rings. The van der Waals surface area contributed by atoms with E-state index in [0.717, 1.165) is 11.8 Å². The summed E-state index contributed by atoms with van der Waals surface area (Å²) in [5.41, 5.74) is -0.633. The SMILES string of the molecule is CCOC(=O)N1CCN(C(=O)CSC2=C(C#N)C(C)(C)C(C#N)C(=O)N2)CC1. The van der Waals surface area contributed by atoms with Gasteiger partial charge in [-0.25, -0.2) is 4.79 Å². The summed E-state index contributed by atoms with van der Waals surface area (Å²) in [5.74, 6) is -1.52. The normalized spacial score (nSPS) is 21.5. The first kappa shape index (κ1) is 21.6. The van der Waals surface area contributed by atoms with E-state index in [1.165, 1.54) is 0 Å². The summed E-state index contributed by atoms with van der Waals surface area (Å²) < 4.78 is 4.96. The lowest BCUT2D eigenvalue weighted by Gasteiger charge is -2.35. The molecule has 0 aliphatic carbocycles. The van der Waals surface area contributed by atoms with Gasteiger partial charge in [0.05, 0.1) is 35.1 Å². The highest BCUT2D eigenvalue weighted by Crippen LogP contribution is 2.41. The zero-order chi connectivity index (χ0) is 20.9. The third kappa shape index (κ3) is 4.39. The fourth-order valence-corrected chi connectivity index (χ4v) is 4.19. The van der Waals surface area contributed by atoms with Gasteiger partial charge in [0, 0.05) is 31.6 Å². The van der Waals surface area contributed by atoms with Crippen LogP contribution in [0, 0.1) is 34.0 Å². The third-order valence-electron chi connectivity index (χ3n) is 4.83. The smallest absolute Gasteiger partial charge is 0.409 e. The van der Waals surface area contributed by atoms with Crippen molar-refractivity contribution in [1.29, 1.82) is 10.5 Å². The van der Waals surface area contributed by atoms with Crippen LogP contribution in [0.15, 0.2) is 10.6 Å². The fraction of sp³-hybridized carbons (Fsp3) is 0.611. The van der Waals surface area contributed by atoms with Crippen LogP contribution in [0.5, 0.6) is 0 Å². The Morgan fingerprint density at radius 1 is 1.25 bits per heavy atom. The highest BCUT2D eigenvalue weighted by Gasteiger charge is 2.44. The van der Waals surface area contributed by atoms with E-state index < -0.39 is 17.2 Å². The summed E-state index contributed by atoms with van der Waals surface area (Å²) in [5, 5.41) is 21.6. The number of allylic oxidation sites excluding steroid dienone is 1. The van der Waals surface area contributed by atoms with Gasteiger partial charge in [-0.3, -0.25) is 9.59 Å². The first-order valence-electron chi connectivity index (χ1n) is 8.93. The molecule has 0 aromatic heterocycles. The lowest BCUT2D eigenvalue weighted by molar-refractivity contribution is -0.130. The minimum absolute atomic E-state index is 0.0491. The zero-order valence-corrected chi connectivity index (χ0v) is 17.0. The fourth-order valence-electron chi connectivity index (χ4n) is 3.11. The van der Waals surface area contributed by atoms with E-state index in [2.05, 4.69) is 11.4 Å². The topological polar surface area (TPSA) is 127 Å². The van der Waals surface area contributed by atoms with Crippen LogP contribution in [-0.4, -0.2) is 66.2 Å². The molecular formula is C18H23N5O4S. The Kier molecular flexibility index (Phi) is 6.92. The first-order chi connectivity index (χ1) is 13.3. The van der Waals surface area contributed by atoms with Gasteiger partial charge in [-0.15, -0.1) is 0 Å². The molecule has 150 valence electrons. The molecule has 0 aromatic carbocycles. The maximum absolute atomic E-state index is 12.5. The Morgan fingerprint density at radius 2 is 1.86 bits per heavy atom. The van der Waals surface area contributed by atoms with E-state index in [1.807, 2.05) is 6.07 Å². The average molecular weight is 405 g/mol. The average Bonchev–Trinajstić information content (AvgIpc) is 2.66. The summed E-state index contributed by atoms with van der Waals surface area (Å²) in [6.45, 7) is 6.99. The molecule has 2 aliphatic heterocycles. The van der Waals surface area contributed by atoms with Gasteiger partial charge < -0.3 is 19.9 Å². The third-order valence-corrected chi connectivity index (χ3v) is 5.82. The number of thioether (sulfide) groups is 1. The summed E-state index contributed by atoms with van der Waals surface area (Å²) in [7, 11) is 0. The van der Waals surface area contributed by atoms with Crippen molar-refractivity contribution in [3.8, 4) is 12.1 Å². The molecule has 1 saturated heterocycles. The van der Waals surface area contributed by atoms with Crippen LogP contribution in [0.2, 0.25) is 0 Å². The number of nitrogens with one attached hydrogen (secondary N) is 1. The monoisotopic (exact) mass is 405 g/mol. The number of amides is 3. The number of ether oxygens (including phenoxy) is 1. The number of carbonyl (C=O) groups is 3. The number of nitriles is 2. The van der Waals surface area contributed by atoms with E-state index in [-0.39, 0.29) is 17.8 Å². The molecular weight excluding hydrogens is 382 g/mol. The molecule has 0 saturated carbocycles. The Labute approximate surface area is 168 Å². The minimum atomic E-state index is -0.960. The van der Waals surface area contributed by atoms with Gasteiger partial charge in [0.1, 0.15) is 5.92 Å². The van der Waals surface area contributed by atoms with Crippen molar-refractivity contribution in [1.82, 2.24) is 15.1 Å². The maximum Gasteiger partial charge on any atom is 0.409 e. The van der Waals surface area contributed by atoms with E-state index in [9.17, 15) is 24.9 Å². The van der Waals surface area contributed by atoms with E-state index in [4.69, 9.17) is 4.74 Å². The molecule has 0 spiro atoms. The molecule has 1 N–H and O–H groups in total. The van der Waals surface area contributed by atoms with Crippen molar-refractivity contribution in [2.75, 3.05) is 38.5 Å². The summed E-state index contributed by atoms with van der Waals surface area (Å²) in [4.78, 5) is 39.6. The van der Waals surface area contributed by atoms with Gasteiger partial charge in [0.25, 0.3) is 0 Å². The Morgan fingerprint density at radius 3 is 2.39 bits per heavy atom. The lowest BCUT2D eigenvalue weighted by atomic mass is 9.72. The van der Waals surface area contributed by atoms with Crippen LogP contribution < -0.4 is 5.32 Å². The molecule has 28 heavy (non-hydrogen) atoms. The molecule has 10 heteroatoms. The van der Waals surface area contributed by atoms with Crippen LogP contribution in [0.4, 0.5) is 4.79 Å². The van der Waals surface area contributed by atoms with E-state index in [0.29, 0.717) is 43.4 Å². The molecule has 3 amide bonds. The number of nitrogens with zero attached hydrogens (tertiary/aromatic N) is 4. The standard InChI is InChI=1S/C18H23N5O4S/c1-4-27-17(26)23-7-5-22(6-8-23)14(24)11-28-16-13(10-20)18(2,3)12(9-19)15(25)21-16/h12H,4-8,11H2,1-3H3,(H,21,25). The van der Waals surface area contributed by atoms with Gasteiger partial charge in [-0.05, 0) is 6.92 Å². The number of hydrogen-bond acceptors (Lipinski definition) is 7. The number of piperazine rings is 1. The van der Waals surface area contributed by atoms with Crippen molar-refractivity contribution in [2.45, 2.75) is 20.8 Å². The Balaban J connectivity index is 1.98. The van der Waals surface area contributed by atoms with Crippen molar-refractivity contribution in [3.63, 3.8) is 0 Å². The second kappa shape index (κ2) is 8.98. The number of hydrogen-bond donors (Lipinski definition) is 1. The highest BCUT2D eigenvalue weighted by atomic mass is 32.2. The molecule has 0 radical (unpaired) electrons. The van der Waals surface area contributed by atoms with Gasteiger partial charge in [-0.1, -0.05) is 25.6 Å². The van der Waals surface area contributed by atoms with Crippen molar-refractivity contribution in [2.24, 2.45) is 11.3 Å². The van der Waals surface area contributed by atoms with Gasteiger partial charge in [-0.2, -0.15) is 10.5 Å². The molecule has 2 rings (SSSR count). The molecule has 1 atom stereocenters. The molecule has 2 aliphatic rings. The summed E-state index contributed by atoms with van der Waals surface area (Å²) in [6.07, 6.45) is -0.382. The maximum atomic E-state index is 12.5. The summed E-state index contributed by atoms with van der Waals surface area (Å²) in [6, 6.07) is 4.02. The molecule has 2 heterocycles. The van der Waals surface area contributed by atoms with Crippen LogP contribution in [0.3, 0.4) is 0 Å². The van der Waals surface area contributed by atoms with Gasteiger partial charge in [0.15, 0.2) is 0 Å². The second-order valence-corrected chi connectivity index (χ2v) is 7.93. The number of rotatable bonds is 4. The van der Waals surface area contributed by atoms with Crippen molar-refractivity contribution in [3.05, 3.63) is 10.6 Å². The Bertz CT molecular complexity index is 772. The van der Waals surface area contributed by atoms with Crippen LogP contribution in [0.1, 0.15) is 20.8 Å². The van der Waals surface area contributed by atoms with Crippen LogP contribution in [-0.2, 0) is 14.3 Å². The molecule has 9 nitrogen and oxygen atoms in total. The predicted molar refractivity (Wildman–Crippen MR) is 101 cm³/mol. The van der Waals surface area contributed by atoms with Gasteiger partial charge in [0.2, 0.25) is 11.8 Å². The van der Waals surface area contributed by atoms with Crippen LogP contribution >= 0.6 is 11.8 Å². The molecule has 1 unspecified atom stereocenters. The zero-order valence-electron chi connectivity index (χ0n) is 16.2. The lowest BCUT2D eigenvalue weighted by Crippen LogP contribution is -2.51. The predicted octanol–water partition coefficient (Wildman–Crippen LogP) is 1.05. The van der Waals surface area contributed by atoms with Crippen LogP contribution in [0.25, 0.3) is 0 Å². The quantitative estimate of drug-likeness (QED) is 0.741.